The van der Waals surface area contributed by atoms with Gasteiger partial charge in [0.15, 0.2) is 0 Å². The Hall–Kier alpha value is -7.68. The van der Waals surface area contributed by atoms with E-state index in [-0.39, 0.29) is 6.04 Å². The molecule has 9 rings (SSSR count). The van der Waals surface area contributed by atoms with Crippen LogP contribution in [0.5, 0.6) is 0 Å². The molecule has 68 heavy (non-hydrogen) atoms. The number of hydrogen-bond donors (Lipinski definition) is 0. The van der Waals surface area contributed by atoms with Gasteiger partial charge in [0.1, 0.15) is 0 Å². The first-order valence-corrected chi connectivity index (χ1v) is 24.4. The van der Waals surface area contributed by atoms with Crippen LogP contribution in [0.1, 0.15) is 80.5 Å². The first kappa shape index (κ1) is 45.5. The molecule has 2 aliphatic rings. The summed E-state index contributed by atoms with van der Waals surface area (Å²) in [5.74, 6) is 0.883. The Balaban J connectivity index is 1.01. The lowest BCUT2D eigenvalue weighted by Gasteiger charge is -2.34. The molecule has 0 fully saturated rings. The zero-order valence-corrected chi connectivity index (χ0v) is 39.8. The van der Waals surface area contributed by atoms with E-state index in [1.165, 1.54) is 61.1 Å². The van der Waals surface area contributed by atoms with Crippen molar-refractivity contribution in [3.63, 3.8) is 0 Å². The van der Waals surface area contributed by atoms with Crippen molar-refractivity contribution in [2.75, 3.05) is 9.80 Å². The molecule has 3 atom stereocenters. The summed E-state index contributed by atoms with van der Waals surface area (Å²) in [7, 11) is 0. The summed E-state index contributed by atoms with van der Waals surface area (Å²) < 4.78 is 0. The Morgan fingerprint density at radius 3 is 1.91 bits per heavy atom. The minimum absolute atomic E-state index is 0.147. The summed E-state index contributed by atoms with van der Waals surface area (Å²) >= 11 is 0. The van der Waals surface area contributed by atoms with Gasteiger partial charge in [0.2, 0.25) is 0 Å². The van der Waals surface area contributed by atoms with E-state index >= 15 is 0 Å². The first-order chi connectivity index (χ1) is 33.5. The average molecular weight is 883 g/mol. The highest BCUT2D eigenvalue weighted by Gasteiger charge is 2.22. The number of hydrogen-bond acceptors (Lipinski definition) is 2. The highest BCUT2D eigenvalue weighted by atomic mass is 15.2. The zero-order valence-electron chi connectivity index (χ0n) is 39.8. The Labute approximate surface area is 405 Å². The van der Waals surface area contributed by atoms with Gasteiger partial charge < -0.3 is 9.80 Å². The van der Waals surface area contributed by atoms with Crippen LogP contribution in [0, 0.1) is 0 Å². The third kappa shape index (κ3) is 10.3. The molecule has 0 radical (unpaired) electrons. The van der Waals surface area contributed by atoms with Gasteiger partial charge >= 0.3 is 0 Å². The summed E-state index contributed by atoms with van der Waals surface area (Å²) in [5, 5.41) is 2.45. The minimum atomic E-state index is 0.147. The fraction of sp³-hybridized carbons (Fsp3) is 0.152. The van der Waals surface area contributed by atoms with Crippen LogP contribution in [-0.4, -0.2) is 6.04 Å². The normalized spacial score (nSPS) is 16.6. The molecule has 2 nitrogen and oxygen atoms in total. The molecule has 0 aliphatic heterocycles. The van der Waals surface area contributed by atoms with Gasteiger partial charge in [-0.2, -0.15) is 0 Å². The lowest BCUT2D eigenvalue weighted by molar-refractivity contribution is 0.674. The smallest absolute Gasteiger partial charge is 0.0557 e. The number of nitrogens with zero attached hydrogens (tertiary/aromatic N) is 2. The zero-order chi connectivity index (χ0) is 46.7. The predicted molar refractivity (Wildman–Crippen MR) is 294 cm³/mol. The van der Waals surface area contributed by atoms with Crippen LogP contribution in [0.25, 0.3) is 33.0 Å². The molecular weight excluding hydrogens is 821 g/mol. The summed E-state index contributed by atoms with van der Waals surface area (Å²) in [6.45, 7) is 10.9. The van der Waals surface area contributed by atoms with E-state index < -0.39 is 0 Å². The molecule has 2 heteroatoms. The Kier molecular flexibility index (Phi) is 14.5. The maximum Gasteiger partial charge on any atom is 0.0557 e. The van der Waals surface area contributed by atoms with Crippen molar-refractivity contribution in [3.8, 4) is 11.1 Å². The Bertz CT molecular complexity index is 3030. The van der Waals surface area contributed by atoms with Crippen LogP contribution in [0.3, 0.4) is 0 Å². The largest absolute Gasteiger partial charge is 0.338 e. The molecule has 0 aromatic heterocycles. The molecule has 0 amide bonds. The van der Waals surface area contributed by atoms with Crippen molar-refractivity contribution < 1.29 is 0 Å². The van der Waals surface area contributed by atoms with Crippen LogP contribution < -0.4 is 9.80 Å². The third-order valence-corrected chi connectivity index (χ3v) is 13.7. The summed E-state index contributed by atoms with van der Waals surface area (Å²) in [5.41, 5.74) is 15.7. The molecule has 2 aliphatic carbocycles. The molecule has 7 aromatic carbocycles. The molecule has 0 spiro atoms. The second kappa shape index (κ2) is 21.7. The number of allylic oxidation sites excluding steroid dienone is 12. The van der Waals surface area contributed by atoms with Crippen molar-refractivity contribution in [1.29, 1.82) is 0 Å². The number of anilines is 3. The van der Waals surface area contributed by atoms with Crippen molar-refractivity contribution in [2.24, 2.45) is 0 Å². The first-order valence-electron chi connectivity index (χ1n) is 24.4. The van der Waals surface area contributed by atoms with E-state index in [0.717, 1.165) is 48.3 Å². The van der Waals surface area contributed by atoms with Gasteiger partial charge in [-0.15, -0.1) is 0 Å². The second-order valence-electron chi connectivity index (χ2n) is 17.9. The monoisotopic (exact) mass is 882 g/mol. The second-order valence-corrected chi connectivity index (χ2v) is 17.9. The molecule has 1 unspecified atom stereocenters. The molecule has 0 N–H and O–H groups in total. The summed E-state index contributed by atoms with van der Waals surface area (Å²) in [6.07, 6.45) is 29.0. The fourth-order valence-electron chi connectivity index (χ4n) is 9.86. The quantitative estimate of drug-likeness (QED) is 0.0705. The van der Waals surface area contributed by atoms with Crippen LogP contribution in [0.2, 0.25) is 0 Å². The van der Waals surface area contributed by atoms with Gasteiger partial charge in [0, 0.05) is 34.4 Å². The van der Waals surface area contributed by atoms with Gasteiger partial charge in [0.05, 0.1) is 6.04 Å². The summed E-state index contributed by atoms with van der Waals surface area (Å²) in [4.78, 5) is 4.89. The van der Waals surface area contributed by atoms with E-state index in [0.29, 0.717) is 11.8 Å². The van der Waals surface area contributed by atoms with Crippen molar-refractivity contribution in [3.05, 3.63) is 283 Å². The van der Waals surface area contributed by atoms with Crippen molar-refractivity contribution >= 4 is 39.0 Å². The third-order valence-electron chi connectivity index (χ3n) is 13.7. The van der Waals surface area contributed by atoms with Gasteiger partial charge in [-0.1, -0.05) is 208 Å². The highest BCUT2D eigenvalue weighted by Crippen LogP contribution is 2.38. The molecule has 336 valence electrons. The van der Waals surface area contributed by atoms with Crippen LogP contribution in [0.15, 0.2) is 261 Å². The number of benzene rings is 7. The number of rotatable bonds is 16. The summed E-state index contributed by atoms with van der Waals surface area (Å²) in [6, 6.07) is 64.2. The van der Waals surface area contributed by atoms with Gasteiger partial charge in [0.25, 0.3) is 0 Å². The highest BCUT2D eigenvalue weighted by molar-refractivity contribution is 5.96. The topological polar surface area (TPSA) is 6.48 Å². The van der Waals surface area contributed by atoms with Gasteiger partial charge in [-0.25, -0.2) is 0 Å². The van der Waals surface area contributed by atoms with Gasteiger partial charge in [-0.3, -0.25) is 0 Å². The molecular formula is C66H62N2. The van der Waals surface area contributed by atoms with E-state index in [4.69, 9.17) is 0 Å². The Morgan fingerprint density at radius 1 is 0.632 bits per heavy atom. The maximum absolute atomic E-state index is 4.24. The SMILES string of the molecule is C=C/C(=C\C=C(/C)N(c1ccc(-c2ccc(N(C3=CC[C@@H](c4ccccc4)C=C3)c3ccc([C@H](CC)C/C=C\C)cc3)cc2)cc1)C1C=CC(c2ccccc2)=CC1)c1cccc2ccccc12. The standard InChI is InChI=1S/C66H62N2/c1-5-8-18-50(6-2)54-29-43-62(44-30-54)68(63-45-35-56(36-46-63)53-21-13-10-14-22-53)64-47-37-58(38-48-64)57-33-41-61(42-34-57)67(60-39-31-55(32-40-60)52-19-11-9-12-20-52)49(4)27-28-51(7-3)65-26-17-24-59-23-15-16-25-66(59)65/h5,7-17,19-35,37-39,41-48,50,56,60H,3,6,18,36,40H2,1-2,4H3/b8-5-,49-27+,51-28+/t50-,56+,60?/m1/s1. The minimum Gasteiger partial charge on any atom is -0.338 e. The van der Waals surface area contributed by atoms with Crippen molar-refractivity contribution in [2.45, 2.75) is 64.3 Å². The van der Waals surface area contributed by atoms with E-state index in [1.54, 1.807) is 0 Å². The van der Waals surface area contributed by atoms with Gasteiger partial charge in [-0.05, 0) is 149 Å². The maximum atomic E-state index is 4.24. The van der Waals surface area contributed by atoms with Crippen LogP contribution in [-0.2, 0) is 0 Å². The van der Waals surface area contributed by atoms with Crippen LogP contribution in [0.4, 0.5) is 17.1 Å². The van der Waals surface area contributed by atoms with E-state index in [9.17, 15) is 0 Å². The lowest BCUT2D eigenvalue weighted by atomic mass is 9.91. The fourth-order valence-corrected chi connectivity index (χ4v) is 9.86. The molecule has 0 bridgehead atoms. The molecule has 0 saturated heterocycles. The molecule has 0 heterocycles. The Morgan fingerprint density at radius 2 is 1.28 bits per heavy atom. The average Bonchev–Trinajstić information content (AvgIpc) is 3.41. The van der Waals surface area contributed by atoms with E-state index in [1.807, 2.05) is 6.08 Å². The van der Waals surface area contributed by atoms with Crippen molar-refractivity contribution in [1.82, 2.24) is 0 Å². The number of fused-ring (bicyclic) bond motifs is 1. The molecule has 0 saturated carbocycles. The van der Waals surface area contributed by atoms with Crippen LogP contribution >= 0.6 is 0 Å². The lowest BCUT2D eigenvalue weighted by Crippen LogP contribution is -2.32. The predicted octanol–water partition coefficient (Wildman–Crippen LogP) is 18.1. The van der Waals surface area contributed by atoms with E-state index in [2.05, 4.69) is 274 Å². The molecule has 7 aromatic rings.